The van der Waals surface area contributed by atoms with Gasteiger partial charge < -0.3 is 10.6 Å². The van der Waals surface area contributed by atoms with Gasteiger partial charge in [-0.25, -0.2) is 0 Å². The molecule has 0 amide bonds. The van der Waals surface area contributed by atoms with Crippen molar-refractivity contribution in [3.63, 3.8) is 0 Å². The molecule has 1 aliphatic heterocycles. The van der Waals surface area contributed by atoms with Crippen LogP contribution in [-0.4, -0.2) is 30.6 Å². The Balaban J connectivity index is 1.69. The summed E-state index contributed by atoms with van der Waals surface area (Å²) in [6.45, 7) is 6.15. The average molecular weight is 196 g/mol. The van der Waals surface area contributed by atoms with Crippen LogP contribution in [0.1, 0.15) is 39.0 Å². The van der Waals surface area contributed by atoms with E-state index in [1.54, 1.807) is 0 Å². The largest absolute Gasteiger partial charge is 0.328 e. The van der Waals surface area contributed by atoms with Crippen molar-refractivity contribution in [1.82, 2.24) is 4.90 Å². The Morgan fingerprint density at radius 1 is 1.29 bits per heavy atom. The van der Waals surface area contributed by atoms with Gasteiger partial charge in [0.05, 0.1) is 0 Å². The number of nitrogens with two attached hydrogens (primary N) is 1. The van der Waals surface area contributed by atoms with Crippen molar-refractivity contribution < 1.29 is 0 Å². The summed E-state index contributed by atoms with van der Waals surface area (Å²) in [4.78, 5) is 2.64. The molecule has 2 nitrogen and oxygen atoms in total. The fraction of sp³-hybridized carbons (Fsp3) is 1.00. The molecule has 0 spiro atoms. The Morgan fingerprint density at radius 2 is 1.93 bits per heavy atom. The van der Waals surface area contributed by atoms with Crippen LogP contribution in [0, 0.1) is 11.8 Å². The molecule has 0 aromatic heterocycles. The summed E-state index contributed by atoms with van der Waals surface area (Å²) in [5, 5.41) is 0. The zero-order chi connectivity index (χ0) is 9.97. The number of rotatable bonds is 4. The van der Waals surface area contributed by atoms with Crippen molar-refractivity contribution in [3.8, 4) is 0 Å². The van der Waals surface area contributed by atoms with Gasteiger partial charge in [0.25, 0.3) is 0 Å². The van der Waals surface area contributed by atoms with E-state index >= 15 is 0 Å². The van der Waals surface area contributed by atoms with E-state index in [0.29, 0.717) is 6.04 Å². The predicted molar refractivity (Wildman–Crippen MR) is 60.2 cm³/mol. The van der Waals surface area contributed by atoms with Crippen LogP contribution in [0.3, 0.4) is 0 Å². The van der Waals surface area contributed by atoms with Crippen molar-refractivity contribution in [2.75, 3.05) is 19.6 Å². The summed E-state index contributed by atoms with van der Waals surface area (Å²) in [5.74, 6) is 2.07. The average Bonchev–Trinajstić information content (AvgIpc) is 2.73. The van der Waals surface area contributed by atoms with Crippen molar-refractivity contribution in [2.24, 2.45) is 17.6 Å². The Bertz CT molecular complexity index is 169. The molecule has 1 saturated heterocycles. The topological polar surface area (TPSA) is 29.3 Å². The molecule has 0 bridgehead atoms. The molecule has 2 N–H and O–H groups in total. The number of fused-ring (bicyclic) bond motifs is 1. The minimum Gasteiger partial charge on any atom is -0.328 e. The number of likely N-dealkylation sites (tertiary alicyclic amines) is 1. The van der Waals surface area contributed by atoms with Crippen LogP contribution in [0.15, 0.2) is 0 Å². The molecular formula is C12H24N2. The maximum atomic E-state index is 5.94. The molecule has 2 aliphatic rings. The fourth-order valence-corrected chi connectivity index (χ4v) is 3.07. The molecule has 2 rings (SSSR count). The first-order valence-corrected chi connectivity index (χ1v) is 6.27. The van der Waals surface area contributed by atoms with E-state index in [2.05, 4.69) is 11.8 Å². The van der Waals surface area contributed by atoms with Gasteiger partial charge in [0, 0.05) is 19.1 Å². The molecule has 2 fully saturated rings. The lowest BCUT2D eigenvalue weighted by molar-refractivity contribution is 0.296. The standard InChI is InChI=1S/C12H24N2/c1-2-12(13)6-7-14-8-10-4-3-5-11(10)9-14/h10-12H,2-9,13H2,1H3. The molecule has 82 valence electrons. The molecule has 1 saturated carbocycles. The second-order valence-electron chi connectivity index (χ2n) is 5.17. The van der Waals surface area contributed by atoms with Crippen LogP contribution in [0.2, 0.25) is 0 Å². The summed E-state index contributed by atoms with van der Waals surface area (Å²) in [6.07, 6.45) is 6.77. The van der Waals surface area contributed by atoms with Crippen molar-refractivity contribution in [2.45, 2.75) is 45.1 Å². The van der Waals surface area contributed by atoms with Crippen LogP contribution >= 0.6 is 0 Å². The highest BCUT2D eigenvalue weighted by Crippen LogP contribution is 2.37. The van der Waals surface area contributed by atoms with E-state index in [-0.39, 0.29) is 0 Å². The summed E-state index contributed by atoms with van der Waals surface area (Å²) >= 11 is 0. The van der Waals surface area contributed by atoms with Gasteiger partial charge in [-0.3, -0.25) is 0 Å². The van der Waals surface area contributed by atoms with Gasteiger partial charge in [0.1, 0.15) is 0 Å². The van der Waals surface area contributed by atoms with Gasteiger partial charge in [-0.2, -0.15) is 0 Å². The van der Waals surface area contributed by atoms with E-state index in [0.717, 1.165) is 18.3 Å². The van der Waals surface area contributed by atoms with Gasteiger partial charge in [0.2, 0.25) is 0 Å². The van der Waals surface area contributed by atoms with Crippen molar-refractivity contribution >= 4 is 0 Å². The highest BCUT2D eigenvalue weighted by atomic mass is 15.2. The summed E-state index contributed by atoms with van der Waals surface area (Å²) in [5.41, 5.74) is 5.94. The monoisotopic (exact) mass is 196 g/mol. The van der Waals surface area contributed by atoms with Crippen LogP contribution in [0.25, 0.3) is 0 Å². The molecule has 0 aromatic carbocycles. The predicted octanol–water partition coefficient (Wildman–Crippen LogP) is 1.85. The van der Waals surface area contributed by atoms with E-state index < -0.39 is 0 Å². The SMILES string of the molecule is CCC(N)CCN1CC2CCCC2C1. The highest BCUT2D eigenvalue weighted by molar-refractivity contribution is 4.88. The molecular weight excluding hydrogens is 172 g/mol. The fourth-order valence-electron chi connectivity index (χ4n) is 3.07. The van der Waals surface area contributed by atoms with Crippen LogP contribution in [0.5, 0.6) is 0 Å². The molecule has 3 atom stereocenters. The van der Waals surface area contributed by atoms with E-state index in [1.807, 2.05) is 0 Å². The molecule has 1 aliphatic carbocycles. The van der Waals surface area contributed by atoms with Crippen molar-refractivity contribution in [1.29, 1.82) is 0 Å². The van der Waals surface area contributed by atoms with Crippen LogP contribution in [0.4, 0.5) is 0 Å². The van der Waals surface area contributed by atoms with E-state index in [1.165, 1.54) is 45.3 Å². The van der Waals surface area contributed by atoms with Crippen LogP contribution < -0.4 is 5.73 Å². The van der Waals surface area contributed by atoms with Crippen LogP contribution in [-0.2, 0) is 0 Å². The smallest absolute Gasteiger partial charge is 0.00483 e. The lowest BCUT2D eigenvalue weighted by Gasteiger charge is -2.18. The summed E-state index contributed by atoms with van der Waals surface area (Å²) in [7, 11) is 0. The lowest BCUT2D eigenvalue weighted by atomic mass is 10.0. The first kappa shape index (κ1) is 10.4. The van der Waals surface area contributed by atoms with Gasteiger partial charge in [-0.15, -0.1) is 0 Å². The zero-order valence-electron chi connectivity index (χ0n) is 9.41. The minimum absolute atomic E-state index is 0.426. The Labute approximate surface area is 87.8 Å². The third kappa shape index (κ3) is 2.29. The second kappa shape index (κ2) is 4.63. The number of hydrogen-bond donors (Lipinski definition) is 1. The molecule has 14 heavy (non-hydrogen) atoms. The maximum Gasteiger partial charge on any atom is 0.00483 e. The molecule has 0 radical (unpaired) electrons. The Morgan fingerprint density at radius 3 is 2.50 bits per heavy atom. The first-order chi connectivity index (χ1) is 6.79. The number of hydrogen-bond acceptors (Lipinski definition) is 2. The zero-order valence-corrected chi connectivity index (χ0v) is 9.41. The maximum absolute atomic E-state index is 5.94. The Kier molecular flexibility index (Phi) is 3.45. The normalized spacial score (nSPS) is 34.7. The molecule has 1 heterocycles. The third-order valence-corrected chi connectivity index (χ3v) is 4.14. The molecule has 2 heteroatoms. The third-order valence-electron chi connectivity index (χ3n) is 4.14. The van der Waals surface area contributed by atoms with Gasteiger partial charge >= 0.3 is 0 Å². The second-order valence-corrected chi connectivity index (χ2v) is 5.17. The summed E-state index contributed by atoms with van der Waals surface area (Å²) in [6, 6.07) is 0.426. The van der Waals surface area contributed by atoms with Gasteiger partial charge in [-0.05, 0) is 44.1 Å². The summed E-state index contributed by atoms with van der Waals surface area (Å²) < 4.78 is 0. The van der Waals surface area contributed by atoms with E-state index in [4.69, 9.17) is 5.73 Å². The van der Waals surface area contributed by atoms with Gasteiger partial charge in [0.15, 0.2) is 0 Å². The number of nitrogens with zero attached hydrogens (tertiary/aromatic N) is 1. The highest BCUT2D eigenvalue weighted by Gasteiger charge is 2.35. The van der Waals surface area contributed by atoms with Gasteiger partial charge in [-0.1, -0.05) is 13.3 Å². The van der Waals surface area contributed by atoms with Crippen molar-refractivity contribution in [3.05, 3.63) is 0 Å². The quantitative estimate of drug-likeness (QED) is 0.743. The minimum atomic E-state index is 0.426. The van der Waals surface area contributed by atoms with E-state index in [9.17, 15) is 0 Å². The molecule has 0 aromatic rings. The molecule has 3 unspecified atom stereocenters. The Hall–Kier alpha value is -0.0800. The lowest BCUT2D eigenvalue weighted by Crippen LogP contribution is -2.29. The first-order valence-electron chi connectivity index (χ1n) is 6.27.